The molecule has 1 aromatic rings. The molecule has 24 heavy (non-hydrogen) atoms. The fourth-order valence-corrected chi connectivity index (χ4v) is 3.37. The van der Waals surface area contributed by atoms with E-state index in [1.165, 1.54) is 12.1 Å². The molecule has 1 N–H and O–H groups in total. The first-order chi connectivity index (χ1) is 11.2. The fourth-order valence-electron chi connectivity index (χ4n) is 1.82. The van der Waals surface area contributed by atoms with Gasteiger partial charge in [0.2, 0.25) is 15.9 Å². The first kappa shape index (κ1) is 21.3. The molecule has 1 amide bonds. The lowest BCUT2D eigenvalue weighted by molar-refractivity contribution is -0.119. The van der Waals surface area contributed by atoms with Crippen LogP contribution in [0.4, 0.5) is 5.69 Å². The number of rotatable bonds is 9. The molecule has 0 spiro atoms. The van der Waals surface area contributed by atoms with Crippen molar-refractivity contribution in [1.82, 2.24) is 5.32 Å². The largest absolute Gasteiger partial charge is 0.382 e. The molecule has 1 rings (SSSR count). The van der Waals surface area contributed by atoms with Gasteiger partial charge in [-0.05, 0) is 25.5 Å². The van der Waals surface area contributed by atoms with Gasteiger partial charge in [0.25, 0.3) is 0 Å². The summed E-state index contributed by atoms with van der Waals surface area (Å²) >= 11 is 17.8. The van der Waals surface area contributed by atoms with Gasteiger partial charge in [0.1, 0.15) is 6.54 Å². The smallest absolute Gasteiger partial charge is 0.240 e. The Hall–Kier alpha value is -0.730. The van der Waals surface area contributed by atoms with E-state index in [2.05, 4.69) is 5.32 Å². The second-order valence-electron chi connectivity index (χ2n) is 4.89. The third-order valence-electron chi connectivity index (χ3n) is 2.94. The van der Waals surface area contributed by atoms with Crippen molar-refractivity contribution < 1.29 is 17.9 Å². The van der Waals surface area contributed by atoms with E-state index in [0.717, 1.165) is 10.6 Å². The first-order valence-electron chi connectivity index (χ1n) is 7.13. The fraction of sp³-hybridized carbons (Fsp3) is 0.500. The quantitative estimate of drug-likeness (QED) is 0.495. The highest BCUT2D eigenvalue weighted by Gasteiger charge is 2.24. The molecular weight excluding hydrogens is 399 g/mol. The van der Waals surface area contributed by atoms with E-state index in [1.807, 2.05) is 6.92 Å². The highest BCUT2D eigenvalue weighted by Crippen LogP contribution is 2.35. The third-order valence-corrected chi connectivity index (χ3v) is 5.09. The molecule has 136 valence electrons. The SMILES string of the molecule is CCOCCCNC(=O)CN(c1cc(Cl)c(Cl)cc1Cl)S(C)(=O)=O. The van der Waals surface area contributed by atoms with Crippen molar-refractivity contribution in [1.29, 1.82) is 0 Å². The maximum atomic E-state index is 12.0. The third kappa shape index (κ3) is 6.64. The summed E-state index contributed by atoms with van der Waals surface area (Å²) in [5.74, 6) is -0.459. The topological polar surface area (TPSA) is 75.7 Å². The molecule has 0 atom stereocenters. The lowest BCUT2D eigenvalue weighted by atomic mass is 10.3. The predicted octanol–water partition coefficient (Wildman–Crippen LogP) is 2.96. The van der Waals surface area contributed by atoms with Gasteiger partial charge in [-0.3, -0.25) is 9.10 Å². The molecule has 0 aliphatic rings. The molecule has 0 unspecified atom stereocenters. The van der Waals surface area contributed by atoms with Crippen molar-refractivity contribution in [3.05, 3.63) is 27.2 Å². The van der Waals surface area contributed by atoms with Gasteiger partial charge in [0.05, 0.1) is 27.0 Å². The predicted molar refractivity (Wildman–Crippen MR) is 97.8 cm³/mol. The minimum absolute atomic E-state index is 0.0824. The number of nitrogens with one attached hydrogen (secondary N) is 1. The molecule has 1 aromatic carbocycles. The van der Waals surface area contributed by atoms with E-state index >= 15 is 0 Å². The van der Waals surface area contributed by atoms with Crippen LogP contribution >= 0.6 is 34.8 Å². The Morgan fingerprint density at radius 2 is 1.83 bits per heavy atom. The van der Waals surface area contributed by atoms with Gasteiger partial charge in [-0.1, -0.05) is 34.8 Å². The summed E-state index contributed by atoms with van der Waals surface area (Å²) in [6.45, 7) is 2.97. The standard InChI is InChI=1S/C14H19Cl3N2O4S/c1-3-23-6-4-5-18-14(20)9-19(24(2,21)22)13-8-11(16)10(15)7-12(13)17/h7-8H,3-6,9H2,1-2H3,(H,18,20). The molecule has 0 radical (unpaired) electrons. The number of hydrogen-bond acceptors (Lipinski definition) is 4. The number of amides is 1. The summed E-state index contributed by atoms with van der Waals surface area (Å²) in [4.78, 5) is 12.0. The number of carbonyl (C=O) groups excluding carboxylic acids is 1. The van der Waals surface area contributed by atoms with E-state index in [4.69, 9.17) is 39.5 Å². The van der Waals surface area contributed by atoms with Gasteiger partial charge >= 0.3 is 0 Å². The number of carbonyl (C=O) groups is 1. The molecule has 0 aromatic heterocycles. The van der Waals surface area contributed by atoms with Crippen LogP contribution in [0.1, 0.15) is 13.3 Å². The molecule has 0 fully saturated rings. The van der Waals surface area contributed by atoms with Crippen LogP contribution in [-0.2, 0) is 19.6 Å². The van der Waals surface area contributed by atoms with Crippen molar-refractivity contribution in [3.63, 3.8) is 0 Å². The lowest BCUT2D eigenvalue weighted by Gasteiger charge is -2.23. The van der Waals surface area contributed by atoms with Gasteiger partial charge in [0.15, 0.2) is 0 Å². The summed E-state index contributed by atoms with van der Waals surface area (Å²) in [5, 5.41) is 3.05. The van der Waals surface area contributed by atoms with Crippen molar-refractivity contribution in [2.45, 2.75) is 13.3 Å². The van der Waals surface area contributed by atoms with Crippen LogP contribution in [-0.4, -0.2) is 46.9 Å². The second kappa shape index (κ2) is 9.68. The van der Waals surface area contributed by atoms with Gasteiger partial charge in [-0.2, -0.15) is 0 Å². The molecule has 0 saturated heterocycles. The zero-order valence-electron chi connectivity index (χ0n) is 13.3. The van der Waals surface area contributed by atoms with E-state index in [0.29, 0.717) is 26.2 Å². The summed E-state index contributed by atoms with van der Waals surface area (Å²) in [7, 11) is -3.74. The van der Waals surface area contributed by atoms with Gasteiger partial charge in [-0.25, -0.2) is 8.42 Å². The van der Waals surface area contributed by atoms with Crippen molar-refractivity contribution in [2.24, 2.45) is 0 Å². The Kier molecular flexibility index (Phi) is 8.59. The molecule has 6 nitrogen and oxygen atoms in total. The number of ether oxygens (including phenoxy) is 1. The van der Waals surface area contributed by atoms with Crippen molar-refractivity contribution >= 4 is 56.4 Å². The number of hydrogen-bond donors (Lipinski definition) is 1. The minimum atomic E-state index is -3.74. The minimum Gasteiger partial charge on any atom is -0.382 e. The molecule has 0 saturated carbocycles. The van der Waals surface area contributed by atoms with Crippen LogP contribution in [0.15, 0.2) is 12.1 Å². The number of anilines is 1. The zero-order valence-corrected chi connectivity index (χ0v) is 16.4. The van der Waals surface area contributed by atoms with Crippen LogP contribution in [0.2, 0.25) is 15.1 Å². The van der Waals surface area contributed by atoms with Gasteiger partial charge in [0, 0.05) is 19.8 Å². The molecule has 0 aliphatic heterocycles. The number of nitrogens with zero attached hydrogens (tertiary/aromatic N) is 1. The summed E-state index contributed by atoms with van der Waals surface area (Å²) in [6.07, 6.45) is 1.61. The summed E-state index contributed by atoms with van der Waals surface area (Å²) < 4.78 is 30.1. The van der Waals surface area contributed by atoms with Crippen molar-refractivity contribution in [3.8, 4) is 0 Å². The molecule has 10 heteroatoms. The Morgan fingerprint density at radius 3 is 2.42 bits per heavy atom. The van der Waals surface area contributed by atoms with Crippen molar-refractivity contribution in [2.75, 3.05) is 36.9 Å². The number of sulfonamides is 1. The second-order valence-corrected chi connectivity index (χ2v) is 8.02. The van der Waals surface area contributed by atoms with E-state index in [9.17, 15) is 13.2 Å². The zero-order chi connectivity index (χ0) is 18.3. The maximum absolute atomic E-state index is 12.0. The Balaban J connectivity index is 2.85. The van der Waals surface area contributed by atoms with Crippen LogP contribution in [0.5, 0.6) is 0 Å². The van der Waals surface area contributed by atoms with Gasteiger partial charge < -0.3 is 10.1 Å². The first-order valence-corrected chi connectivity index (χ1v) is 10.1. The van der Waals surface area contributed by atoms with Crippen LogP contribution < -0.4 is 9.62 Å². The molecule has 0 heterocycles. The lowest BCUT2D eigenvalue weighted by Crippen LogP contribution is -2.41. The van der Waals surface area contributed by atoms with Crippen LogP contribution in [0.25, 0.3) is 0 Å². The highest BCUT2D eigenvalue weighted by atomic mass is 35.5. The average molecular weight is 418 g/mol. The Labute approximate surface area is 157 Å². The highest BCUT2D eigenvalue weighted by molar-refractivity contribution is 7.92. The van der Waals surface area contributed by atoms with Crippen LogP contribution in [0, 0.1) is 0 Å². The maximum Gasteiger partial charge on any atom is 0.240 e. The van der Waals surface area contributed by atoms with Crippen LogP contribution in [0.3, 0.4) is 0 Å². The average Bonchev–Trinajstić information content (AvgIpc) is 2.47. The summed E-state index contributed by atoms with van der Waals surface area (Å²) in [6, 6.07) is 2.65. The van der Waals surface area contributed by atoms with Gasteiger partial charge in [-0.15, -0.1) is 0 Å². The molecule has 0 bridgehead atoms. The number of benzene rings is 1. The van der Waals surface area contributed by atoms with E-state index in [1.54, 1.807) is 0 Å². The van der Waals surface area contributed by atoms with E-state index in [-0.39, 0.29) is 20.8 Å². The Bertz CT molecular complexity index is 683. The monoisotopic (exact) mass is 416 g/mol. The van der Waals surface area contributed by atoms with E-state index < -0.39 is 22.5 Å². The molecule has 0 aliphatic carbocycles. The normalized spacial score (nSPS) is 11.4. The molecular formula is C14H19Cl3N2O4S. The number of halogens is 3. The summed E-state index contributed by atoms with van der Waals surface area (Å²) in [5.41, 5.74) is 0.0954. The Morgan fingerprint density at radius 1 is 1.21 bits per heavy atom.